The fraction of sp³-hybridized carbons (Fsp3) is 1.00. The summed E-state index contributed by atoms with van der Waals surface area (Å²) in [6, 6.07) is 0. The van der Waals surface area contributed by atoms with Crippen molar-refractivity contribution in [2.24, 2.45) is 0 Å². The lowest BCUT2D eigenvalue weighted by Crippen LogP contribution is -2.84. The Kier molecular flexibility index (Phi) is 15.9. The molecule has 0 unspecified atom stereocenters. The summed E-state index contributed by atoms with van der Waals surface area (Å²) in [6.07, 6.45) is 17.2. The SMILES string of the molecule is CCCCCCCC[NH2+]CCCCCCCC. The minimum atomic E-state index is 1.36. The van der Waals surface area contributed by atoms with Crippen LogP contribution in [-0.2, 0) is 0 Å². The molecule has 0 heterocycles. The van der Waals surface area contributed by atoms with Gasteiger partial charge in [0.15, 0.2) is 0 Å². The van der Waals surface area contributed by atoms with Crippen molar-refractivity contribution in [3.8, 4) is 0 Å². The smallest absolute Gasteiger partial charge is 0.0755 e. The van der Waals surface area contributed by atoms with Gasteiger partial charge in [-0.05, 0) is 25.7 Å². The molecule has 1 heteroatoms. The van der Waals surface area contributed by atoms with E-state index in [9.17, 15) is 0 Å². The Morgan fingerprint density at radius 3 is 1.24 bits per heavy atom. The molecule has 1 nitrogen and oxygen atoms in total. The second-order valence-electron chi connectivity index (χ2n) is 5.40. The van der Waals surface area contributed by atoms with E-state index in [1.54, 1.807) is 0 Å². The van der Waals surface area contributed by atoms with Crippen molar-refractivity contribution in [1.29, 1.82) is 0 Å². The number of nitrogens with two attached hydrogens (primary N) is 1. The molecule has 0 atom stereocenters. The number of rotatable bonds is 14. The molecule has 0 saturated heterocycles. The third kappa shape index (κ3) is 16.0. The van der Waals surface area contributed by atoms with Crippen LogP contribution in [0.15, 0.2) is 0 Å². The molecule has 17 heavy (non-hydrogen) atoms. The van der Waals surface area contributed by atoms with Crippen LogP contribution in [-0.4, -0.2) is 13.1 Å². The number of quaternary nitrogens is 1. The zero-order valence-corrected chi connectivity index (χ0v) is 12.5. The number of hydrogen-bond donors (Lipinski definition) is 1. The van der Waals surface area contributed by atoms with Gasteiger partial charge in [0.25, 0.3) is 0 Å². The summed E-state index contributed by atoms with van der Waals surface area (Å²) >= 11 is 0. The maximum atomic E-state index is 2.53. The van der Waals surface area contributed by atoms with Crippen molar-refractivity contribution in [2.75, 3.05) is 13.1 Å². The molecule has 2 N–H and O–H groups in total. The van der Waals surface area contributed by atoms with Gasteiger partial charge in [-0.2, -0.15) is 0 Å². The van der Waals surface area contributed by atoms with Crippen molar-refractivity contribution >= 4 is 0 Å². The molecule has 0 rings (SSSR count). The van der Waals surface area contributed by atoms with Crippen LogP contribution in [0, 0.1) is 0 Å². The Morgan fingerprint density at radius 1 is 0.471 bits per heavy atom. The quantitative estimate of drug-likeness (QED) is 0.438. The zero-order chi connectivity index (χ0) is 12.6. The lowest BCUT2D eigenvalue weighted by molar-refractivity contribution is -0.655. The Morgan fingerprint density at radius 2 is 0.824 bits per heavy atom. The summed E-state index contributed by atoms with van der Waals surface area (Å²) in [5.74, 6) is 0. The molecule has 0 aliphatic carbocycles. The van der Waals surface area contributed by atoms with Crippen LogP contribution < -0.4 is 5.32 Å². The minimum Gasteiger partial charge on any atom is -0.346 e. The van der Waals surface area contributed by atoms with Crippen molar-refractivity contribution in [3.05, 3.63) is 0 Å². The van der Waals surface area contributed by atoms with E-state index in [0.29, 0.717) is 0 Å². The molecular weight excluding hydrogens is 206 g/mol. The van der Waals surface area contributed by atoms with Gasteiger partial charge in [0, 0.05) is 0 Å². The normalized spacial score (nSPS) is 10.9. The van der Waals surface area contributed by atoms with Gasteiger partial charge in [0.1, 0.15) is 0 Å². The van der Waals surface area contributed by atoms with Gasteiger partial charge in [-0.1, -0.05) is 65.2 Å². The second kappa shape index (κ2) is 16.0. The van der Waals surface area contributed by atoms with E-state index in [1.165, 1.54) is 90.1 Å². The summed E-state index contributed by atoms with van der Waals surface area (Å²) in [5.41, 5.74) is 0. The van der Waals surface area contributed by atoms with Gasteiger partial charge in [-0.3, -0.25) is 0 Å². The summed E-state index contributed by atoms with van der Waals surface area (Å²) < 4.78 is 0. The van der Waals surface area contributed by atoms with Gasteiger partial charge < -0.3 is 5.32 Å². The molecule has 0 saturated carbocycles. The van der Waals surface area contributed by atoms with Crippen LogP contribution >= 0.6 is 0 Å². The van der Waals surface area contributed by atoms with E-state index in [-0.39, 0.29) is 0 Å². The topological polar surface area (TPSA) is 16.6 Å². The van der Waals surface area contributed by atoms with E-state index in [2.05, 4.69) is 19.2 Å². The van der Waals surface area contributed by atoms with Gasteiger partial charge in [0.05, 0.1) is 13.1 Å². The van der Waals surface area contributed by atoms with E-state index < -0.39 is 0 Å². The maximum Gasteiger partial charge on any atom is 0.0755 e. The van der Waals surface area contributed by atoms with Gasteiger partial charge in [-0.15, -0.1) is 0 Å². The van der Waals surface area contributed by atoms with Crippen LogP contribution in [0.1, 0.15) is 90.9 Å². The summed E-state index contributed by atoms with van der Waals surface area (Å²) in [6.45, 7) is 7.30. The molecule has 104 valence electrons. The van der Waals surface area contributed by atoms with Crippen molar-refractivity contribution in [2.45, 2.75) is 90.9 Å². The Hall–Kier alpha value is -0.0400. The third-order valence-electron chi connectivity index (χ3n) is 3.52. The molecule has 0 aromatic heterocycles. The van der Waals surface area contributed by atoms with Gasteiger partial charge in [0.2, 0.25) is 0 Å². The van der Waals surface area contributed by atoms with Crippen molar-refractivity contribution in [3.63, 3.8) is 0 Å². The Labute approximate surface area is 110 Å². The van der Waals surface area contributed by atoms with Crippen LogP contribution in [0.5, 0.6) is 0 Å². The van der Waals surface area contributed by atoms with E-state index in [0.717, 1.165) is 0 Å². The molecule has 0 aromatic carbocycles. The summed E-state index contributed by atoms with van der Waals surface area (Å²) in [5, 5.41) is 2.53. The third-order valence-corrected chi connectivity index (χ3v) is 3.52. The second-order valence-corrected chi connectivity index (χ2v) is 5.40. The molecule has 0 radical (unpaired) electrons. The lowest BCUT2D eigenvalue weighted by atomic mass is 10.1. The van der Waals surface area contributed by atoms with Crippen molar-refractivity contribution in [1.82, 2.24) is 0 Å². The first-order chi connectivity index (χ1) is 8.41. The highest BCUT2D eigenvalue weighted by atomic mass is 14.8. The fourth-order valence-electron chi connectivity index (χ4n) is 2.28. The predicted molar refractivity (Wildman–Crippen MR) is 78.4 cm³/mol. The standard InChI is InChI=1S/C16H35N/c1-3-5-7-9-11-13-15-17-16-14-12-10-8-6-4-2/h17H,3-16H2,1-2H3/p+1. The average Bonchev–Trinajstić information content (AvgIpc) is 2.35. The fourth-order valence-corrected chi connectivity index (χ4v) is 2.28. The van der Waals surface area contributed by atoms with Crippen LogP contribution in [0.3, 0.4) is 0 Å². The Bertz CT molecular complexity index is 109. The molecule has 0 bridgehead atoms. The number of unbranched alkanes of at least 4 members (excludes halogenated alkanes) is 10. The first-order valence-corrected chi connectivity index (χ1v) is 8.23. The Balaban J connectivity index is 2.85. The first-order valence-electron chi connectivity index (χ1n) is 8.23. The highest BCUT2D eigenvalue weighted by molar-refractivity contribution is 4.43. The number of hydrogen-bond acceptors (Lipinski definition) is 0. The maximum absolute atomic E-state index is 2.53. The van der Waals surface area contributed by atoms with Gasteiger partial charge >= 0.3 is 0 Å². The predicted octanol–water partition coefficient (Wildman–Crippen LogP) is 4.27. The summed E-state index contributed by atoms with van der Waals surface area (Å²) in [7, 11) is 0. The highest BCUT2D eigenvalue weighted by Gasteiger charge is 1.94. The molecule has 0 amide bonds. The van der Waals surface area contributed by atoms with Crippen LogP contribution in [0.2, 0.25) is 0 Å². The van der Waals surface area contributed by atoms with Crippen LogP contribution in [0.4, 0.5) is 0 Å². The van der Waals surface area contributed by atoms with Gasteiger partial charge in [-0.25, -0.2) is 0 Å². The minimum absolute atomic E-state index is 1.36. The monoisotopic (exact) mass is 242 g/mol. The van der Waals surface area contributed by atoms with E-state index >= 15 is 0 Å². The average molecular weight is 242 g/mol. The largest absolute Gasteiger partial charge is 0.346 e. The highest BCUT2D eigenvalue weighted by Crippen LogP contribution is 2.04. The summed E-state index contributed by atoms with van der Waals surface area (Å²) in [4.78, 5) is 0. The van der Waals surface area contributed by atoms with E-state index in [1.807, 2.05) is 0 Å². The molecule has 0 fully saturated rings. The van der Waals surface area contributed by atoms with Crippen LogP contribution in [0.25, 0.3) is 0 Å². The lowest BCUT2D eigenvalue weighted by Gasteiger charge is -2.02. The molecule has 0 aromatic rings. The molecule has 0 aliphatic heterocycles. The zero-order valence-electron chi connectivity index (χ0n) is 12.5. The molecule has 0 spiro atoms. The molecule has 0 aliphatic rings. The van der Waals surface area contributed by atoms with Crippen molar-refractivity contribution < 1.29 is 5.32 Å². The first kappa shape index (κ1) is 17.0. The van der Waals surface area contributed by atoms with E-state index in [4.69, 9.17) is 0 Å². The molecular formula is C16H36N+.